The minimum absolute atomic E-state index is 0.0190. The number of nitrogens with one attached hydrogen (secondary N) is 2. The van der Waals surface area contributed by atoms with Crippen molar-refractivity contribution in [1.29, 1.82) is 0 Å². The van der Waals surface area contributed by atoms with Gasteiger partial charge in [-0.15, -0.1) is 0 Å². The van der Waals surface area contributed by atoms with Crippen LogP contribution >= 0.6 is 0 Å². The van der Waals surface area contributed by atoms with Gasteiger partial charge in [0, 0.05) is 31.9 Å². The van der Waals surface area contributed by atoms with Crippen molar-refractivity contribution in [2.75, 3.05) is 26.3 Å². The lowest BCUT2D eigenvalue weighted by atomic mass is 9.98. The molecule has 3 rings (SSSR count). The molecule has 1 aliphatic heterocycles. The maximum atomic E-state index is 12.1. The van der Waals surface area contributed by atoms with Crippen LogP contribution in [0.1, 0.15) is 40.7 Å². The molecule has 1 fully saturated rings. The van der Waals surface area contributed by atoms with Crippen molar-refractivity contribution in [3.8, 4) is 0 Å². The van der Waals surface area contributed by atoms with Crippen LogP contribution in [0.5, 0.6) is 0 Å². The largest absolute Gasteiger partial charge is 0.381 e. The van der Waals surface area contributed by atoms with Crippen molar-refractivity contribution in [2.24, 2.45) is 5.92 Å². The predicted molar refractivity (Wildman–Crippen MR) is 82.3 cm³/mol. The van der Waals surface area contributed by atoms with Crippen LogP contribution in [0.15, 0.2) is 18.2 Å². The first-order chi connectivity index (χ1) is 10.3. The fourth-order valence-electron chi connectivity index (χ4n) is 2.63. The maximum Gasteiger partial charge on any atom is 0.251 e. The average Bonchev–Trinajstić information content (AvgIpc) is 3.34. The molecule has 1 heterocycles. The molecule has 2 N–H and O–H groups in total. The highest BCUT2D eigenvalue weighted by atomic mass is 16.5. The first-order valence-electron chi connectivity index (χ1n) is 8.01. The van der Waals surface area contributed by atoms with Crippen molar-refractivity contribution in [1.82, 2.24) is 10.6 Å². The second-order valence-corrected chi connectivity index (χ2v) is 6.04. The van der Waals surface area contributed by atoms with Crippen molar-refractivity contribution >= 4 is 5.91 Å². The summed E-state index contributed by atoms with van der Waals surface area (Å²) in [6.45, 7) is 4.21. The molecule has 1 saturated carbocycles. The lowest BCUT2D eigenvalue weighted by Gasteiger charge is -2.17. The van der Waals surface area contributed by atoms with Gasteiger partial charge in [0.15, 0.2) is 0 Å². The third-order valence-corrected chi connectivity index (χ3v) is 4.16. The molecule has 0 radical (unpaired) electrons. The first-order valence-corrected chi connectivity index (χ1v) is 8.01. The van der Waals surface area contributed by atoms with Crippen LogP contribution in [0.2, 0.25) is 0 Å². The molecule has 21 heavy (non-hydrogen) atoms. The highest BCUT2D eigenvalue weighted by Gasteiger charge is 2.20. The molecule has 4 nitrogen and oxygen atoms in total. The van der Waals surface area contributed by atoms with Crippen molar-refractivity contribution in [3.63, 3.8) is 0 Å². The zero-order chi connectivity index (χ0) is 14.5. The van der Waals surface area contributed by atoms with E-state index in [1.807, 2.05) is 12.1 Å². The van der Waals surface area contributed by atoms with Crippen LogP contribution < -0.4 is 10.6 Å². The van der Waals surface area contributed by atoms with Gasteiger partial charge >= 0.3 is 0 Å². The second-order valence-electron chi connectivity index (χ2n) is 6.04. The highest BCUT2D eigenvalue weighted by Crippen LogP contribution is 2.28. The summed E-state index contributed by atoms with van der Waals surface area (Å²) in [5.74, 6) is 0.828. The number of hydrogen-bond donors (Lipinski definition) is 2. The SMILES string of the molecule is O=C(NCCCOCC1CC1)c1ccc2c(c1)CNCC2. The van der Waals surface area contributed by atoms with Gasteiger partial charge in [-0.05, 0) is 61.4 Å². The van der Waals surface area contributed by atoms with Gasteiger partial charge in [0.25, 0.3) is 5.91 Å². The molecule has 0 spiro atoms. The van der Waals surface area contributed by atoms with E-state index in [1.165, 1.54) is 24.0 Å². The molecule has 114 valence electrons. The predicted octanol–water partition coefficient (Wildman–Crippen LogP) is 1.88. The molecule has 4 heteroatoms. The average molecular weight is 288 g/mol. The Kier molecular flexibility index (Phi) is 4.88. The van der Waals surface area contributed by atoms with Crippen molar-refractivity contribution in [3.05, 3.63) is 34.9 Å². The van der Waals surface area contributed by atoms with E-state index in [1.54, 1.807) is 0 Å². The van der Waals surface area contributed by atoms with Gasteiger partial charge in [0.2, 0.25) is 0 Å². The van der Waals surface area contributed by atoms with E-state index < -0.39 is 0 Å². The molecular formula is C17H24N2O2. The van der Waals surface area contributed by atoms with Gasteiger partial charge < -0.3 is 15.4 Å². The third kappa shape index (κ3) is 4.29. The van der Waals surface area contributed by atoms with E-state index in [4.69, 9.17) is 4.74 Å². The molecule has 0 bridgehead atoms. The number of ether oxygens (including phenoxy) is 1. The van der Waals surface area contributed by atoms with E-state index >= 15 is 0 Å². The number of amides is 1. The molecule has 2 aliphatic rings. The van der Waals surface area contributed by atoms with Gasteiger partial charge in [-0.1, -0.05) is 6.07 Å². The summed E-state index contributed by atoms with van der Waals surface area (Å²) in [5, 5.41) is 6.31. The van der Waals surface area contributed by atoms with Crippen LogP contribution in [0.25, 0.3) is 0 Å². The Balaban J connectivity index is 1.40. The van der Waals surface area contributed by atoms with E-state index in [2.05, 4.69) is 16.7 Å². The summed E-state index contributed by atoms with van der Waals surface area (Å²) in [6.07, 6.45) is 4.58. The third-order valence-electron chi connectivity index (χ3n) is 4.16. The van der Waals surface area contributed by atoms with Crippen LogP contribution in [-0.2, 0) is 17.7 Å². The quantitative estimate of drug-likeness (QED) is 0.753. The van der Waals surface area contributed by atoms with Crippen LogP contribution in [-0.4, -0.2) is 32.2 Å². The molecule has 0 atom stereocenters. The fourth-order valence-corrected chi connectivity index (χ4v) is 2.63. The number of hydrogen-bond acceptors (Lipinski definition) is 3. The Morgan fingerprint density at radius 2 is 2.24 bits per heavy atom. The number of benzene rings is 1. The molecule has 0 aromatic heterocycles. The van der Waals surface area contributed by atoms with Crippen LogP contribution in [0.3, 0.4) is 0 Å². The Morgan fingerprint density at radius 1 is 1.33 bits per heavy atom. The molecule has 1 aromatic carbocycles. The lowest BCUT2D eigenvalue weighted by Crippen LogP contribution is -2.27. The number of carbonyl (C=O) groups excluding carboxylic acids is 1. The van der Waals surface area contributed by atoms with Crippen LogP contribution in [0.4, 0.5) is 0 Å². The monoisotopic (exact) mass is 288 g/mol. The normalized spacial score (nSPS) is 17.3. The van der Waals surface area contributed by atoms with Crippen molar-refractivity contribution in [2.45, 2.75) is 32.2 Å². The first kappa shape index (κ1) is 14.5. The van der Waals surface area contributed by atoms with Gasteiger partial charge in [0.1, 0.15) is 0 Å². The standard InChI is InChI=1S/C17H24N2O2/c20-17(19-7-1-9-21-12-13-2-3-13)15-5-4-14-6-8-18-11-16(14)10-15/h4-5,10,13,18H,1-3,6-9,11-12H2,(H,19,20). The zero-order valence-corrected chi connectivity index (χ0v) is 12.5. The number of rotatable bonds is 7. The molecular weight excluding hydrogens is 264 g/mol. The second kappa shape index (κ2) is 7.05. The topological polar surface area (TPSA) is 50.4 Å². The fraction of sp³-hybridized carbons (Fsp3) is 0.588. The Morgan fingerprint density at radius 3 is 3.10 bits per heavy atom. The Hall–Kier alpha value is -1.39. The highest BCUT2D eigenvalue weighted by molar-refractivity contribution is 5.94. The van der Waals surface area contributed by atoms with Gasteiger partial charge in [-0.2, -0.15) is 0 Å². The minimum atomic E-state index is 0.0190. The van der Waals surface area contributed by atoms with Gasteiger partial charge in [-0.25, -0.2) is 0 Å². The van der Waals surface area contributed by atoms with E-state index in [0.717, 1.165) is 50.6 Å². The Bertz CT molecular complexity index is 498. The van der Waals surface area contributed by atoms with Crippen LogP contribution in [0, 0.1) is 5.92 Å². The van der Waals surface area contributed by atoms with E-state index in [0.29, 0.717) is 6.54 Å². The summed E-state index contributed by atoms with van der Waals surface area (Å²) in [7, 11) is 0. The zero-order valence-electron chi connectivity index (χ0n) is 12.5. The lowest BCUT2D eigenvalue weighted by molar-refractivity contribution is 0.0937. The number of fused-ring (bicyclic) bond motifs is 1. The summed E-state index contributed by atoms with van der Waals surface area (Å²) < 4.78 is 5.56. The van der Waals surface area contributed by atoms with E-state index in [-0.39, 0.29) is 5.91 Å². The summed E-state index contributed by atoms with van der Waals surface area (Å²) in [4.78, 5) is 12.1. The minimum Gasteiger partial charge on any atom is -0.381 e. The Labute approximate surface area is 126 Å². The molecule has 0 unspecified atom stereocenters. The van der Waals surface area contributed by atoms with Gasteiger partial charge in [0.05, 0.1) is 0 Å². The molecule has 1 amide bonds. The summed E-state index contributed by atoms with van der Waals surface area (Å²) >= 11 is 0. The summed E-state index contributed by atoms with van der Waals surface area (Å²) in [6, 6.07) is 6.04. The number of carbonyl (C=O) groups is 1. The summed E-state index contributed by atoms with van der Waals surface area (Å²) in [5.41, 5.74) is 3.37. The van der Waals surface area contributed by atoms with Crippen molar-refractivity contribution < 1.29 is 9.53 Å². The van der Waals surface area contributed by atoms with Gasteiger partial charge in [-0.3, -0.25) is 4.79 Å². The molecule has 1 aromatic rings. The smallest absolute Gasteiger partial charge is 0.251 e. The van der Waals surface area contributed by atoms with E-state index in [9.17, 15) is 4.79 Å². The molecule has 1 aliphatic carbocycles. The molecule has 0 saturated heterocycles. The maximum absolute atomic E-state index is 12.1.